The van der Waals surface area contributed by atoms with Crippen LogP contribution in [0.15, 0.2) is 42.7 Å². The van der Waals surface area contributed by atoms with Crippen molar-refractivity contribution in [2.45, 2.75) is 25.2 Å². The van der Waals surface area contributed by atoms with Crippen LogP contribution >= 0.6 is 0 Å². The van der Waals surface area contributed by atoms with Gasteiger partial charge < -0.3 is 10.1 Å². The van der Waals surface area contributed by atoms with Crippen LogP contribution in [0.1, 0.15) is 30.7 Å². The standard InChI is InChI=1S/C24H27N5O4S/c1-34(31,32)29-10-6-18(7-11-29)17-2-4-19(5-3-17)20-13-21-23(26-9-8-25-21)24(28-20)33-15-16-12-22(30)27-14-16/h2-5,8-9,13,16,18H,6-7,10-12,14-15H2,1H3,(H,27,30). The maximum Gasteiger partial charge on any atom is 0.242 e. The third-order valence-corrected chi connectivity index (χ3v) is 7.85. The zero-order chi connectivity index (χ0) is 23.7. The van der Waals surface area contributed by atoms with Gasteiger partial charge in [0.2, 0.25) is 21.8 Å². The van der Waals surface area contributed by atoms with Crippen LogP contribution in [-0.4, -0.2) is 66.1 Å². The molecule has 1 amide bonds. The molecule has 1 atom stereocenters. The largest absolute Gasteiger partial charge is 0.476 e. The minimum atomic E-state index is -3.13. The lowest BCUT2D eigenvalue weighted by atomic mass is 9.89. The van der Waals surface area contributed by atoms with Crippen molar-refractivity contribution in [3.05, 3.63) is 48.3 Å². The number of piperidine rings is 1. The van der Waals surface area contributed by atoms with Gasteiger partial charge in [-0.1, -0.05) is 24.3 Å². The van der Waals surface area contributed by atoms with Crippen molar-refractivity contribution < 1.29 is 17.9 Å². The van der Waals surface area contributed by atoms with Gasteiger partial charge in [0.25, 0.3) is 0 Å². The van der Waals surface area contributed by atoms with Crippen LogP contribution in [0.5, 0.6) is 5.88 Å². The lowest BCUT2D eigenvalue weighted by Gasteiger charge is -2.30. The van der Waals surface area contributed by atoms with Gasteiger partial charge in [-0.3, -0.25) is 9.78 Å². The lowest BCUT2D eigenvalue weighted by molar-refractivity contribution is -0.119. The maximum absolute atomic E-state index is 11.8. The Balaban J connectivity index is 1.35. The number of benzene rings is 1. The summed E-state index contributed by atoms with van der Waals surface area (Å²) in [6, 6.07) is 10.2. The SMILES string of the molecule is CS(=O)(=O)N1CCC(c2ccc(-c3cc4nccnc4c(OCC4CNC(=O)C4)n3)cc2)CC1. The van der Waals surface area contributed by atoms with Crippen LogP contribution in [0.25, 0.3) is 22.3 Å². The predicted molar refractivity (Wildman–Crippen MR) is 128 cm³/mol. The number of amides is 1. The van der Waals surface area contributed by atoms with E-state index in [0.29, 0.717) is 55.5 Å². The molecule has 0 bridgehead atoms. The Morgan fingerprint density at radius 2 is 1.85 bits per heavy atom. The number of pyridine rings is 1. The average molecular weight is 482 g/mol. The number of rotatable bonds is 6. The first-order valence-corrected chi connectivity index (χ1v) is 13.3. The molecule has 1 unspecified atom stereocenters. The first-order valence-electron chi connectivity index (χ1n) is 11.4. The number of hydrogen-bond donors (Lipinski definition) is 1. The fourth-order valence-corrected chi connectivity index (χ4v) is 5.49. The summed E-state index contributed by atoms with van der Waals surface area (Å²) in [6.07, 6.45) is 6.60. The highest BCUT2D eigenvalue weighted by Crippen LogP contribution is 2.32. The third kappa shape index (κ3) is 4.88. The topological polar surface area (TPSA) is 114 Å². The number of nitrogens with zero attached hydrogens (tertiary/aromatic N) is 4. The summed E-state index contributed by atoms with van der Waals surface area (Å²) in [6.45, 7) is 2.09. The highest BCUT2D eigenvalue weighted by atomic mass is 32.2. The summed E-state index contributed by atoms with van der Waals surface area (Å²) >= 11 is 0. The van der Waals surface area contributed by atoms with Crippen LogP contribution in [0.3, 0.4) is 0 Å². The van der Waals surface area contributed by atoms with Crippen LogP contribution in [0.4, 0.5) is 0 Å². The van der Waals surface area contributed by atoms with Gasteiger partial charge in [0.05, 0.1) is 24.1 Å². The van der Waals surface area contributed by atoms with Crippen molar-refractivity contribution in [2.24, 2.45) is 5.92 Å². The summed E-state index contributed by atoms with van der Waals surface area (Å²) in [5, 5.41) is 2.82. The average Bonchev–Trinajstić information content (AvgIpc) is 3.27. The number of hydrogen-bond acceptors (Lipinski definition) is 7. The lowest BCUT2D eigenvalue weighted by Crippen LogP contribution is -2.37. The molecule has 34 heavy (non-hydrogen) atoms. The molecular weight excluding hydrogens is 454 g/mol. The van der Waals surface area contributed by atoms with E-state index in [0.717, 1.165) is 24.1 Å². The van der Waals surface area contributed by atoms with E-state index in [-0.39, 0.29) is 11.8 Å². The van der Waals surface area contributed by atoms with Crippen LogP contribution < -0.4 is 10.1 Å². The fraction of sp³-hybridized carbons (Fsp3) is 0.417. The van der Waals surface area contributed by atoms with Crippen molar-refractivity contribution in [3.63, 3.8) is 0 Å². The molecule has 0 radical (unpaired) electrons. The van der Waals surface area contributed by atoms with Crippen LogP contribution in [0, 0.1) is 5.92 Å². The van der Waals surface area contributed by atoms with Crippen molar-refractivity contribution in [1.82, 2.24) is 24.6 Å². The fourth-order valence-electron chi connectivity index (χ4n) is 4.62. The van der Waals surface area contributed by atoms with Gasteiger partial charge in [-0.2, -0.15) is 0 Å². The molecule has 0 saturated carbocycles. The second-order valence-electron chi connectivity index (χ2n) is 8.98. The first kappa shape index (κ1) is 22.7. The predicted octanol–water partition coefficient (Wildman–Crippen LogP) is 2.35. The number of nitrogens with one attached hydrogen (secondary N) is 1. The van der Waals surface area contributed by atoms with Crippen LogP contribution in [-0.2, 0) is 14.8 Å². The Hall–Kier alpha value is -3.11. The summed E-state index contributed by atoms with van der Waals surface area (Å²) < 4.78 is 31.1. The summed E-state index contributed by atoms with van der Waals surface area (Å²) in [7, 11) is -3.13. The third-order valence-electron chi connectivity index (χ3n) is 6.54. The second-order valence-corrected chi connectivity index (χ2v) is 11.0. The summed E-state index contributed by atoms with van der Waals surface area (Å²) in [5.41, 5.74) is 4.17. The Kier molecular flexibility index (Phi) is 6.18. The minimum absolute atomic E-state index is 0.0436. The maximum atomic E-state index is 11.8. The van der Waals surface area contributed by atoms with E-state index in [1.165, 1.54) is 11.8 Å². The zero-order valence-electron chi connectivity index (χ0n) is 19.0. The Labute approximate surface area is 198 Å². The molecule has 10 heteroatoms. The number of sulfonamides is 1. The van der Waals surface area contributed by atoms with Gasteiger partial charge >= 0.3 is 0 Å². The number of carbonyl (C=O) groups is 1. The van der Waals surface area contributed by atoms with Crippen LogP contribution in [0.2, 0.25) is 0 Å². The van der Waals surface area contributed by atoms with E-state index in [4.69, 9.17) is 9.72 Å². The first-order chi connectivity index (χ1) is 16.4. The van der Waals surface area contributed by atoms with Crippen molar-refractivity contribution in [3.8, 4) is 17.1 Å². The molecule has 5 rings (SSSR count). The number of aromatic nitrogens is 3. The van der Waals surface area contributed by atoms with E-state index in [1.807, 2.05) is 18.2 Å². The van der Waals surface area contributed by atoms with E-state index >= 15 is 0 Å². The van der Waals surface area contributed by atoms with E-state index in [1.54, 1.807) is 16.7 Å². The molecule has 0 spiro atoms. The van der Waals surface area contributed by atoms with E-state index in [9.17, 15) is 13.2 Å². The highest BCUT2D eigenvalue weighted by Gasteiger charge is 2.26. The minimum Gasteiger partial charge on any atom is -0.476 e. The molecule has 178 valence electrons. The molecular formula is C24H27N5O4S. The molecule has 9 nitrogen and oxygen atoms in total. The molecule has 2 saturated heterocycles. The van der Waals surface area contributed by atoms with Crippen molar-refractivity contribution >= 4 is 27.0 Å². The molecule has 0 aliphatic carbocycles. The molecule has 2 aliphatic heterocycles. The number of carbonyl (C=O) groups excluding carboxylic acids is 1. The number of ether oxygens (including phenoxy) is 1. The zero-order valence-corrected chi connectivity index (χ0v) is 19.8. The molecule has 1 N–H and O–H groups in total. The summed E-state index contributed by atoms with van der Waals surface area (Å²) in [4.78, 5) is 25.0. The number of fused-ring (bicyclic) bond motifs is 1. The van der Waals surface area contributed by atoms with Crippen molar-refractivity contribution in [1.29, 1.82) is 0 Å². The molecule has 3 aromatic rings. The molecule has 2 aliphatic rings. The highest BCUT2D eigenvalue weighted by molar-refractivity contribution is 7.88. The molecule has 1 aromatic carbocycles. The van der Waals surface area contributed by atoms with Gasteiger partial charge in [0.15, 0.2) is 5.52 Å². The molecule has 2 aromatic heterocycles. The Morgan fingerprint density at radius 3 is 2.53 bits per heavy atom. The van der Waals surface area contributed by atoms with Gasteiger partial charge in [0.1, 0.15) is 0 Å². The Morgan fingerprint density at radius 1 is 1.12 bits per heavy atom. The molecule has 4 heterocycles. The van der Waals surface area contributed by atoms with Gasteiger partial charge in [0, 0.05) is 49.9 Å². The Bertz CT molecular complexity index is 1300. The summed E-state index contributed by atoms with van der Waals surface area (Å²) in [5.74, 6) is 0.904. The van der Waals surface area contributed by atoms with Crippen molar-refractivity contribution in [2.75, 3.05) is 32.5 Å². The van der Waals surface area contributed by atoms with Gasteiger partial charge in [-0.05, 0) is 30.4 Å². The molecule has 2 fully saturated rings. The van der Waals surface area contributed by atoms with E-state index in [2.05, 4.69) is 27.4 Å². The monoisotopic (exact) mass is 481 g/mol. The van der Waals surface area contributed by atoms with E-state index < -0.39 is 10.0 Å². The quantitative estimate of drug-likeness (QED) is 0.575. The van der Waals surface area contributed by atoms with Gasteiger partial charge in [-0.15, -0.1) is 0 Å². The second kappa shape index (κ2) is 9.27. The smallest absolute Gasteiger partial charge is 0.242 e. The van der Waals surface area contributed by atoms with Gasteiger partial charge in [-0.25, -0.2) is 22.7 Å². The normalized spacial score (nSPS) is 19.9.